The zero-order chi connectivity index (χ0) is 13.9. The van der Waals surface area contributed by atoms with Crippen LogP contribution in [0.2, 0.25) is 0 Å². The van der Waals surface area contributed by atoms with Gasteiger partial charge in [0, 0.05) is 5.39 Å². The maximum atomic E-state index is 6.14. The van der Waals surface area contributed by atoms with Gasteiger partial charge in [0.05, 0.1) is 6.04 Å². The second-order valence-corrected chi connectivity index (χ2v) is 4.87. The van der Waals surface area contributed by atoms with Gasteiger partial charge in [-0.05, 0) is 30.7 Å². The molecule has 0 aliphatic rings. The summed E-state index contributed by atoms with van der Waals surface area (Å²) in [5.74, 6) is 1.57. The molecule has 0 fully saturated rings. The number of hydrogen-bond acceptors (Lipinski definition) is 3. The molecular weight excluding hydrogens is 250 g/mol. The Labute approximate surface area is 118 Å². The molecule has 3 nitrogen and oxygen atoms in total. The number of fused-ring (bicyclic) bond motifs is 1. The molecule has 102 valence electrons. The van der Waals surface area contributed by atoms with Crippen molar-refractivity contribution >= 4 is 11.0 Å². The van der Waals surface area contributed by atoms with Crippen LogP contribution in [0, 0.1) is 6.92 Å². The highest BCUT2D eigenvalue weighted by atomic mass is 16.5. The lowest BCUT2D eigenvalue weighted by atomic mass is 10.1. The Balaban J connectivity index is 1.75. The molecule has 1 unspecified atom stereocenters. The van der Waals surface area contributed by atoms with Gasteiger partial charge in [-0.25, -0.2) is 0 Å². The molecular formula is C17H17NO2. The molecule has 0 saturated carbocycles. The molecule has 3 aromatic rings. The molecule has 20 heavy (non-hydrogen) atoms. The number of furan rings is 1. The topological polar surface area (TPSA) is 48.4 Å². The fraction of sp³-hybridized carbons (Fsp3) is 0.176. The number of hydrogen-bond donors (Lipinski definition) is 1. The Hall–Kier alpha value is -2.26. The predicted molar refractivity (Wildman–Crippen MR) is 79.8 cm³/mol. The van der Waals surface area contributed by atoms with E-state index in [0.29, 0.717) is 6.61 Å². The highest BCUT2D eigenvalue weighted by Gasteiger charge is 2.13. The zero-order valence-electron chi connectivity index (χ0n) is 11.4. The highest BCUT2D eigenvalue weighted by Crippen LogP contribution is 2.25. The fourth-order valence-corrected chi connectivity index (χ4v) is 2.20. The molecule has 1 atom stereocenters. The molecule has 0 aliphatic heterocycles. The normalized spacial score (nSPS) is 12.5. The fourth-order valence-electron chi connectivity index (χ4n) is 2.20. The number of nitrogens with two attached hydrogens (primary N) is 1. The van der Waals surface area contributed by atoms with Crippen molar-refractivity contribution < 1.29 is 9.15 Å². The minimum absolute atomic E-state index is 0.276. The van der Waals surface area contributed by atoms with Crippen LogP contribution in [0.15, 0.2) is 59.0 Å². The van der Waals surface area contributed by atoms with Crippen LogP contribution in [-0.2, 0) is 0 Å². The molecule has 2 N–H and O–H groups in total. The van der Waals surface area contributed by atoms with Crippen LogP contribution in [0.4, 0.5) is 0 Å². The first-order valence-corrected chi connectivity index (χ1v) is 6.66. The second-order valence-electron chi connectivity index (χ2n) is 4.87. The summed E-state index contributed by atoms with van der Waals surface area (Å²) in [7, 11) is 0. The molecule has 0 spiro atoms. The van der Waals surface area contributed by atoms with Crippen LogP contribution in [-0.4, -0.2) is 6.61 Å². The number of rotatable bonds is 4. The van der Waals surface area contributed by atoms with Crippen molar-refractivity contribution in [2.24, 2.45) is 5.73 Å². The van der Waals surface area contributed by atoms with E-state index >= 15 is 0 Å². The lowest BCUT2D eigenvalue weighted by molar-refractivity contribution is 0.275. The third-order valence-electron chi connectivity index (χ3n) is 3.30. The Kier molecular flexibility index (Phi) is 3.44. The van der Waals surface area contributed by atoms with E-state index in [1.165, 1.54) is 0 Å². The molecule has 3 rings (SSSR count). The third-order valence-corrected chi connectivity index (χ3v) is 3.30. The Morgan fingerprint density at radius 2 is 1.90 bits per heavy atom. The second kappa shape index (κ2) is 5.39. The summed E-state index contributed by atoms with van der Waals surface area (Å²) in [6, 6.07) is 17.4. The predicted octanol–water partition coefficient (Wildman–Crippen LogP) is 3.82. The van der Waals surface area contributed by atoms with Crippen molar-refractivity contribution in [1.82, 2.24) is 0 Å². The molecule has 0 amide bonds. The summed E-state index contributed by atoms with van der Waals surface area (Å²) in [6.07, 6.45) is 0. The first kappa shape index (κ1) is 12.8. The summed E-state index contributed by atoms with van der Waals surface area (Å²) in [5.41, 5.74) is 8.15. The third kappa shape index (κ3) is 2.53. The van der Waals surface area contributed by atoms with Gasteiger partial charge in [0.15, 0.2) is 0 Å². The van der Waals surface area contributed by atoms with E-state index in [9.17, 15) is 0 Å². The molecule has 0 aliphatic carbocycles. The Morgan fingerprint density at radius 3 is 2.65 bits per heavy atom. The SMILES string of the molecule is Cc1cccc2cc(C(N)COc3ccccc3)oc12. The molecule has 0 saturated heterocycles. The smallest absolute Gasteiger partial charge is 0.137 e. The van der Waals surface area contributed by atoms with E-state index in [1.807, 2.05) is 61.5 Å². The largest absolute Gasteiger partial charge is 0.491 e. The van der Waals surface area contributed by atoms with Gasteiger partial charge in [-0.15, -0.1) is 0 Å². The van der Waals surface area contributed by atoms with Gasteiger partial charge in [0.1, 0.15) is 23.7 Å². The number of ether oxygens (including phenoxy) is 1. The average molecular weight is 267 g/mol. The van der Waals surface area contributed by atoms with Crippen molar-refractivity contribution in [3.63, 3.8) is 0 Å². The minimum atomic E-state index is -0.276. The van der Waals surface area contributed by atoms with Crippen LogP contribution >= 0.6 is 0 Å². The van der Waals surface area contributed by atoms with Crippen LogP contribution in [0.25, 0.3) is 11.0 Å². The molecule has 3 heteroatoms. The van der Waals surface area contributed by atoms with Crippen LogP contribution in [0.5, 0.6) is 5.75 Å². The minimum Gasteiger partial charge on any atom is -0.491 e. The van der Waals surface area contributed by atoms with Gasteiger partial charge in [-0.1, -0.05) is 36.4 Å². The van der Waals surface area contributed by atoms with Crippen molar-refractivity contribution in [3.8, 4) is 5.75 Å². The lowest BCUT2D eigenvalue weighted by Gasteiger charge is -2.10. The molecule has 0 radical (unpaired) electrons. The first-order chi connectivity index (χ1) is 9.74. The lowest BCUT2D eigenvalue weighted by Crippen LogP contribution is -2.18. The van der Waals surface area contributed by atoms with Crippen molar-refractivity contribution in [1.29, 1.82) is 0 Å². The number of aryl methyl sites for hydroxylation is 1. The van der Waals surface area contributed by atoms with Gasteiger partial charge in [-0.2, -0.15) is 0 Å². The van der Waals surface area contributed by atoms with E-state index in [-0.39, 0.29) is 6.04 Å². The zero-order valence-corrected chi connectivity index (χ0v) is 11.4. The maximum absolute atomic E-state index is 6.14. The Bertz CT molecular complexity index is 703. The summed E-state index contributed by atoms with van der Waals surface area (Å²) in [5, 5.41) is 1.08. The van der Waals surface area contributed by atoms with Crippen LogP contribution < -0.4 is 10.5 Å². The van der Waals surface area contributed by atoms with Gasteiger partial charge in [0.2, 0.25) is 0 Å². The van der Waals surface area contributed by atoms with E-state index < -0.39 is 0 Å². The summed E-state index contributed by atoms with van der Waals surface area (Å²) in [6.45, 7) is 2.42. The summed E-state index contributed by atoms with van der Waals surface area (Å²) < 4.78 is 11.5. The van der Waals surface area contributed by atoms with Crippen molar-refractivity contribution in [2.45, 2.75) is 13.0 Å². The number of benzene rings is 2. The van der Waals surface area contributed by atoms with E-state index in [4.69, 9.17) is 14.9 Å². The van der Waals surface area contributed by atoms with Crippen molar-refractivity contribution in [2.75, 3.05) is 6.61 Å². The molecule has 0 bridgehead atoms. The summed E-state index contributed by atoms with van der Waals surface area (Å²) >= 11 is 0. The van der Waals surface area contributed by atoms with Crippen LogP contribution in [0.1, 0.15) is 17.4 Å². The van der Waals surface area contributed by atoms with E-state index in [0.717, 1.165) is 28.0 Å². The maximum Gasteiger partial charge on any atom is 0.137 e. The van der Waals surface area contributed by atoms with Gasteiger partial charge < -0.3 is 14.9 Å². The quantitative estimate of drug-likeness (QED) is 0.781. The number of para-hydroxylation sites is 2. The molecule has 2 aromatic carbocycles. The van der Waals surface area contributed by atoms with Crippen molar-refractivity contribution in [3.05, 3.63) is 65.9 Å². The highest BCUT2D eigenvalue weighted by molar-refractivity contribution is 5.80. The van der Waals surface area contributed by atoms with Crippen LogP contribution in [0.3, 0.4) is 0 Å². The van der Waals surface area contributed by atoms with Gasteiger partial charge >= 0.3 is 0 Å². The monoisotopic (exact) mass is 267 g/mol. The summed E-state index contributed by atoms with van der Waals surface area (Å²) in [4.78, 5) is 0. The van der Waals surface area contributed by atoms with E-state index in [1.54, 1.807) is 0 Å². The molecule has 1 aromatic heterocycles. The van der Waals surface area contributed by atoms with Gasteiger partial charge in [0.25, 0.3) is 0 Å². The average Bonchev–Trinajstić information content (AvgIpc) is 2.91. The standard InChI is InChI=1S/C17H17NO2/c1-12-6-5-7-13-10-16(20-17(12)13)15(18)11-19-14-8-3-2-4-9-14/h2-10,15H,11,18H2,1H3. The molecule has 1 heterocycles. The Morgan fingerprint density at radius 1 is 1.10 bits per heavy atom. The van der Waals surface area contributed by atoms with E-state index in [2.05, 4.69) is 0 Å². The van der Waals surface area contributed by atoms with Gasteiger partial charge in [-0.3, -0.25) is 0 Å². The first-order valence-electron chi connectivity index (χ1n) is 6.66.